The first-order valence-corrected chi connectivity index (χ1v) is 13.8. The second kappa shape index (κ2) is 8.82. The van der Waals surface area contributed by atoms with E-state index in [1.54, 1.807) is 0 Å². The summed E-state index contributed by atoms with van der Waals surface area (Å²) in [6.07, 6.45) is 6.11. The second-order valence-corrected chi connectivity index (χ2v) is 12.0. The third-order valence-electron chi connectivity index (χ3n) is 7.74. The zero-order valence-electron chi connectivity index (χ0n) is 18.3. The van der Waals surface area contributed by atoms with Gasteiger partial charge in [0, 0.05) is 5.92 Å². The van der Waals surface area contributed by atoms with Gasteiger partial charge in [-0.1, -0.05) is 19.3 Å². The fourth-order valence-electron chi connectivity index (χ4n) is 6.07. The molecule has 0 amide bonds. The van der Waals surface area contributed by atoms with E-state index in [1.165, 1.54) is 49.4 Å². The first kappa shape index (κ1) is 23.6. The standard InChI is InChI=1S/C21H30ClN4O6P/c22-20-24-14(12-4-8-21(10-12)6-2-1-3-7-21)15-18(25-20)26(11-23-15)19-17(28)16(27)13(32-19)5-9-33(29,30)31/h11-13,16-17,19,27-28H,1-10H2,(H2,29,30,31)/t12?,13-,16+,17?,19-/m1/s1. The van der Waals surface area contributed by atoms with Crippen molar-refractivity contribution in [1.29, 1.82) is 0 Å². The molecule has 2 saturated carbocycles. The van der Waals surface area contributed by atoms with E-state index in [4.69, 9.17) is 26.1 Å². The third kappa shape index (κ3) is 4.59. The number of halogens is 1. The maximum Gasteiger partial charge on any atom is 0.325 e. The lowest BCUT2D eigenvalue weighted by atomic mass is 9.72. The molecular formula is C21H30ClN4O6P. The highest BCUT2D eigenvalue weighted by Crippen LogP contribution is 2.54. The van der Waals surface area contributed by atoms with Gasteiger partial charge in [-0.25, -0.2) is 9.97 Å². The predicted octanol–water partition coefficient (Wildman–Crippen LogP) is 2.88. The number of aromatic nitrogens is 4. The quantitative estimate of drug-likeness (QED) is 0.358. The van der Waals surface area contributed by atoms with Gasteiger partial charge >= 0.3 is 7.60 Å². The Labute approximate surface area is 196 Å². The van der Waals surface area contributed by atoms with E-state index in [1.807, 2.05) is 0 Å². The van der Waals surface area contributed by atoms with Crippen LogP contribution in [-0.4, -0.2) is 64.0 Å². The average molecular weight is 501 g/mol. The molecule has 12 heteroatoms. The molecule has 0 radical (unpaired) electrons. The summed E-state index contributed by atoms with van der Waals surface area (Å²) in [6, 6.07) is 0. The summed E-state index contributed by atoms with van der Waals surface area (Å²) in [5.74, 6) is 0.241. The minimum atomic E-state index is -4.25. The summed E-state index contributed by atoms with van der Waals surface area (Å²) in [4.78, 5) is 31.7. The monoisotopic (exact) mass is 500 g/mol. The van der Waals surface area contributed by atoms with Gasteiger partial charge in [0.15, 0.2) is 11.9 Å². The van der Waals surface area contributed by atoms with Gasteiger partial charge in [-0.2, -0.15) is 4.98 Å². The molecule has 5 rings (SSSR count). The smallest absolute Gasteiger partial charge is 0.325 e. The lowest BCUT2D eigenvalue weighted by molar-refractivity contribution is -0.0356. The van der Waals surface area contributed by atoms with Crippen LogP contribution in [0.2, 0.25) is 5.28 Å². The van der Waals surface area contributed by atoms with Gasteiger partial charge in [-0.15, -0.1) is 0 Å². The van der Waals surface area contributed by atoms with Crippen LogP contribution in [0.1, 0.15) is 75.6 Å². The van der Waals surface area contributed by atoms with Gasteiger partial charge in [0.2, 0.25) is 5.28 Å². The molecule has 2 unspecified atom stereocenters. The summed E-state index contributed by atoms with van der Waals surface area (Å²) < 4.78 is 18.6. The molecule has 10 nitrogen and oxygen atoms in total. The molecule has 1 saturated heterocycles. The number of imidazole rings is 1. The Hall–Kier alpha value is -1.13. The first-order chi connectivity index (χ1) is 15.7. The highest BCUT2D eigenvalue weighted by Gasteiger charge is 2.45. The van der Waals surface area contributed by atoms with Crippen LogP contribution < -0.4 is 0 Å². The maximum atomic E-state index is 11.2. The van der Waals surface area contributed by atoms with Crippen LogP contribution in [0.3, 0.4) is 0 Å². The summed E-state index contributed by atoms with van der Waals surface area (Å²) >= 11 is 6.31. The van der Waals surface area contributed by atoms with Crippen molar-refractivity contribution >= 4 is 30.4 Å². The van der Waals surface area contributed by atoms with Crippen LogP contribution in [0.4, 0.5) is 0 Å². The largest absolute Gasteiger partial charge is 0.388 e. The molecule has 0 aromatic carbocycles. The zero-order chi connectivity index (χ0) is 23.4. The highest BCUT2D eigenvalue weighted by atomic mass is 35.5. The summed E-state index contributed by atoms with van der Waals surface area (Å²) in [5.41, 5.74) is 2.23. The molecule has 3 heterocycles. The molecule has 3 fully saturated rings. The van der Waals surface area contributed by atoms with Crippen molar-refractivity contribution in [2.24, 2.45) is 5.41 Å². The van der Waals surface area contributed by atoms with Gasteiger partial charge in [0.1, 0.15) is 17.7 Å². The predicted molar refractivity (Wildman–Crippen MR) is 120 cm³/mol. The van der Waals surface area contributed by atoms with Crippen molar-refractivity contribution in [2.45, 2.75) is 88.2 Å². The highest BCUT2D eigenvalue weighted by molar-refractivity contribution is 7.51. The average Bonchev–Trinajstić information content (AvgIpc) is 3.44. The Balaban J connectivity index is 1.42. The van der Waals surface area contributed by atoms with Crippen molar-refractivity contribution in [2.75, 3.05) is 6.16 Å². The molecule has 2 aliphatic carbocycles. The van der Waals surface area contributed by atoms with E-state index >= 15 is 0 Å². The molecule has 2 aromatic rings. The Morgan fingerprint density at radius 2 is 1.91 bits per heavy atom. The van der Waals surface area contributed by atoms with E-state index in [0.717, 1.165) is 18.5 Å². The molecule has 1 aliphatic heterocycles. The molecule has 182 valence electrons. The van der Waals surface area contributed by atoms with E-state index in [-0.39, 0.29) is 17.6 Å². The van der Waals surface area contributed by atoms with Crippen LogP contribution in [0.25, 0.3) is 11.2 Å². The van der Waals surface area contributed by atoms with Crippen molar-refractivity contribution in [3.8, 4) is 0 Å². The van der Waals surface area contributed by atoms with Crippen molar-refractivity contribution in [1.82, 2.24) is 19.5 Å². The van der Waals surface area contributed by atoms with Gasteiger partial charge in [-0.3, -0.25) is 9.13 Å². The van der Waals surface area contributed by atoms with Crippen LogP contribution in [0.5, 0.6) is 0 Å². The summed E-state index contributed by atoms with van der Waals surface area (Å²) in [5, 5.41) is 21.1. The summed E-state index contributed by atoms with van der Waals surface area (Å²) in [6.45, 7) is 0. The second-order valence-electron chi connectivity index (χ2n) is 9.93. The Kier molecular flexibility index (Phi) is 6.31. The van der Waals surface area contributed by atoms with Gasteiger partial charge in [0.25, 0.3) is 0 Å². The number of hydrogen-bond donors (Lipinski definition) is 4. The van der Waals surface area contributed by atoms with Crippen molar-refractivity contribution < 1.29 is 29.3 Å². The number of rotatable bonds is 5. The number of hydrogen-bond acceptors (Lipinski definition) is 7. The number of fused-ring (bicyclic) bond motifs is 1. The SMILES string of the molecule is O=P(O)(O)CC[C@H]1O[C@@H](n2cnc3c(C4CCC5(CCCCC5)C4)nc(Cl)nc32)C(O)[C@H]1O. The number of aliphatic hydroxyl groups excluding tert-OH is 2. The fourth-order valence-corrected chi connectivity index (χ4v) is 6.83. The van der Waals surface area contributed by atoms with Crippen LogP contribution in [0.15, 0.2) is 6.33 Å². The Morgan fingerprint density at radius 1 is 1.15 bits per heavy atom. The minimum Gasteiger partial charge on any atom is -0.388 e. The molecule has 1 spiro atoms. The molecular weight excluding hydrogens is 471 g/mol. The topological polar surface area (TPSA) is 151 Å². The van der Waals surface area contributed by atoms with Gasteiger partial charge in [0.05, 0.1) is 24.3 Å². The Bertz CT molecular complexity index is 1070. The molecule has 0 bridgehead atoms. The normalized spacial score (nSPS) is 32.2. The lowest BCUT2D eigenvalue weighted by Crippen LogP contribution is -2.31. The van der Waals surface area contributed by atoms with Crippen molar-refractivity contribution in [3.05, 3.63) is 17.3 Å². The van der Waals surface area contributed by atoms with Crippen LogP contribution in [0, 0.1) is 5.41 Å². The number of ether oxygens (including phenoxy) is 1. The van der Waals surface area contributed by atoms with Gasteiger partial charge < -0.3 is 24.7 Å². The minimum absolute atomic E-state index is 0.0865. The van der Waals surface area contributed by atoms with E-state index in [0.29, 0.717) is 16.6 Å². The zero-order valence-corrected chi connectivity index (χ0v) is 19.9. The van der Waals surface area contributed by atoms with E-state index in [9.17, 15) is 14.8 Å². The summed E-state index contributed by atoms with van der Waals surface area (Å²) in [7, 11) is -4.25. The number of aliphatic hydroxyl groups is 2. The third-order valence-corrected chi connectivity index (χ3v) is 8.75. The Morgan fingerprint density at radius 3 is 2.64 bits per heavy atom. The molecule has 2 aromatic heterocycles. The number of nitrogens with zero attached hydrogens (tertiary/aromatic N) is 4. The first-order valence-electron chi connectivity index (χ1n) is 11.6. The molecule has 4 N–H and O–H groups in total. The van der Waals surface area contributed by atoms with Gasteiger partial charge in [-0.05, 0) is 55.5 Å². The van der Waals surface area contributed by atoms with Crippen LogP contribution >= 0.6 is 19.2 Å². The maximum absolute atomic E-state index is 11.2. The molecule has 5 atom stereocenters. The molecule has 33 heavy (non-hydrogen) atoms. The van der Waals surface area contributed by atoms with E-state index in [2.05, 4.69) is 15.0 Å². The molecule has 3 aliphatic rings. The van der Waals surface area contributed by atoms with Crippen molar-refractivity contribution in [3.63, 3.8) is 0 Å². The van der Waals surface area contributed by atoms with E-state index < -0.39 is 38.3 Å². The fraction of sp³-hybridized carbons (Fsp3) is 0.762. The lowest BCUT2D eigenvalue weighted by Gasteiger charge is -2.33. The van der Waals surface area contributed by atoms with Crippen LogP contribution in [-0.2, 0) is 9.30 Å².